The third kappa shape index (κ3) is 5.17. The number of benzene rings is 1. The molecular formula is C34H41ClN2O5S. The molecule has 3 heterocycles. The van der Waals surface area contributed by atoms with Crippen molar-refractivity contribution in [2.45, 2.75) is 87.5 Å². The minimum Gasteiger partial charge on any atom is -0.500 e. The summed E-state index contributed by atoms with van der Waals surface area (Å²) in [4.78, 5) is 16.0. The zero-order valence-electron chi connectivity index (χ0n) is 24.7. The van der Waals surface area contributed by atoms with Crippen molar-refractivity contribution in [1.29, 1.82) is 0 Å². The summed E-state index contributed by atoms with van der Waals surface area (Å²) >= 11 is 6.40. The van der Waals surface area contributed by atoms with Gasteiger partial charge in [0.2, 0.25) is 10.0 Å². The first-order chi connectivity index (χ1) is 20.6. The van der Waals surface area contributed by atoms with Gasteiger partial charge in [0.25, 0.3) is 5.91 Å². The highest BCUT2D eigenvalue weighted by Crippen LogP contribution is 2.54. The van der Waals surface area contributed by atoms with Crippen molar-refractivity contribution >= 4 is 27.5 Å². The van der Waals surface area contributed by atoms with E-state index in [0.29, 0.717) is 25.0 Å². The van der Waals surface area contributed by atoms with Gasteiger partial charge in [-0.2, -0.15) is 0 Å². The molecule has 3 aliphatic carbocycles. The van der Waals surface area contributed by atoms with Crippen molar-refractivity contribution in [2.24, 2.45) is 17.3 Å². The van der Waals surface area contributed by atoms with Crippen molar-refractivity contribution in [3.05, 3.63) is 82.3 Å². The van der Waals surface area contributed by atoms with Gasteiger partial charge >= 0.3 is 0 Å². The number of amides is 1. The normalized spacial score (nSPS) is 42.3. The lowest BCUT2D eigenvalue weighted by molar-refractivity contribution is -0.115. The Morgan fingerprint density at radius 1 is 1.14 bits per heavy atom. The minimum atomic E-state index is -3.93. The molecule has 6 aliphatic rings. The van der Waals surface area contributed by atoms with Crippen LogP contribution in [0.2, 0.25) is 5.02 Å². The highest BCUT2D eigenvalue weighted by atomic mass is 35.5. The number of sulfonamides is 1. The highest BCUT2D eigenvalue weighted by molar-refractivity contribution is 7.90. The number of carbonyl (C=O) groups excluding carboxylic acids is 1. The van der Waals surface area contributed by atoms with E-state index in [1.165, 1.54) is 11.1 Å². The number of aryl methyl sites for hydroxylation is 1. The van der Waals surface area contributed by atoms with E-state index < -0.39 is 32.7 Å². The molecule has 230 valence electrons. The largest absolute Gasteiger partial charge is 0.500 e. The van der Waals surface area contributed by atoms with Crippen molar-refractivity contribution in [1.82, 2.24) is 9.62 Å². The van der Waals surface area contributed by atoms with Crippen molar-refractivity contribution in [3.8, 4) is 0 Å². The van der Waals surface area contributed by atoms with E-state index in [1.807, 2.05) is 31.2 Å². The number of aliphatic hydroxyl groups is 1. The second-order valence-electron chi connectivity index (χ2n) is 13.9. The molecule has 1 aromatic rings. The Balaban J connectivity index is 1.29. The fourth-order valence-corrected chi connectivity index (χ4v) is 10.9. The molecule has 1 unspecified atom stereocenters. The van der Waals surface area contributed by atoms with Crippen LogP contribution in [0.15, 0.2) is 66.1 Å². The molecule has 1 spiro atoms. The topological polar surface area (TPSA) is 95.7 Å². The summed E-state index contributed by atoms with van der Waals surface area (Å²) in [6.45, 7) is 3.19. The van der Waals surface area contributed by atoms with Gasteiger partial charge in [0.1, 0.15) is 0 Å². The van der Waals surface area contributed by atoms with E-state index in [1.54, 1.807) is 18.4 Å². The predicted octanol–water partition coefficient (Wildman–Crippen LogP) is 5.30. The molecule has 3 fully saturated rings. The molecule has 9 heteroatoms. The van der Waals surface area contributed by atoms with Crippen LogP contribution < -0.4 is 4.72 Å². The van der Waals surface area contributed by atoms with Crippen molar-refractivity contribution < 1.29 is 23.1 Å². The second kappa shape index (κ2) is 10.8. The number of hydrogen-bond donors (Lipinski definition) is 2. The molecule has 0 aromatic heterocycles. The molecule has 1 amide bonds. The monoisotopic (exact) mass is 624 g/mol. The van der Waals surface area contributed by atoms with Gasteiger partial charge < -0.3 is 14.7 Å². The first-order valence-electron chi connectivity index (χ1n) is 15.8. The van der Waals surface area contributed by atoms with Gasteiger partial charge in [-0.3, -0.25) is 4.79 Å². The van der Waals surface area contributed by atoms with Crippen LogP contribution in [0.1, 0.15) is 69.4 Å². The smallest absolute Gasteiger partial charge is 0.264 e. The maximum atomic E-state index is 13.7. The Labute approximate surface area is 259 Å². The van der Waals surface area contributed by atoms with Gasteiger partial charge in [-0.25, -0.2) is 13.1 Å². The van der Waals surface area contributed by atoms with Crippen LogP contribution in [-0.2, 0) is 31.4 Å². The van der Waals surface area contributed by atoms with E-state index in [0.717, 1.165) is 62.2 Å². The SMILES string of the molecule is C[C@@]12C/C=C\[C@H](O)[C@@H]3CC[C@H]3C3\C4=C/C(=C\C=C/OC[C@]5(CCCc6cc(Cl)ccc65)CN43)C(=O)NS(=O)(=O)[C@H]1CCC2. The molecule has 3 aliphatic heterocycles. The second-order valence-corrected chi connectivity index (χ2v) is 16.2. The summed E-state index contributed by atoms with van der Waals surface area (Å²) in [5, 5.41) is 11.4. The van der Waals surface area contributed by atoms with Crippen LogP contribution >= 0.6 is 11.6 Å². The van der Waals surface area contributed by atoms with E-state index in [-0.39, 0.29) is 23.3 Å². The van der Waals surface area contributed by atoms with E-state index in [4.69, 9.17) is 16.3 Å². The molecule has 1 saturated heterocycles. The van der Waals surface area contributed by atoms with Gasteiger partial charge in [-0.15, -0.1) is 0 Å². The van der Waals surface area contributed by atoms with Crippen LogP contribution in [0.5, 0.6) is 0 Å². The number of halogens is 1. The summed E-state index contributed by atoms with van der Waals surface area (Å²) in [5.74, 6) is -0.239. The lowest BCUT2D eigenvalue weighted by Crippen LogP contribution is -2.44. The Kier molecular flexibility index (Phi) is 7.34. The summed E-state index contributed by atoms with van der Waals surface area (Å²) in [7, 11) is -3.93. The number of nitrogens with one attached hydrogen (secondary N) is 1. The van der Waals surface area contributed by atoms with Crippen molar-refractivity contribution in [3.63, 3.8) is 0 Å². The number of hydrogen-bond acceptors (Lipinski definition) is 6. The molecular weight excluding hydrogens is 584 g/mol. The lowest BCUT2D eigenvalue weighted by atomic mass is 9.68. The average molecular weight is 625 g/mol. The van der Waals surface area contributed by atoms with E-state index in [2.05, 4.69) is 21.8 Å². The zero-order chi connectivity index (χ0) is 30.0. The van der Waals surface area contributed by atoms with Crippen molar-refractivity contribution in [2.75, 3.05) is 13.2 Å². The molecule has 7 atom stereocenters. The van der Waals surface area contributed by atoms with E-state index in [9.17, 15) is 18.3 Å². The standard InChI is InChI=1S/C34H41ClN2O5S/c1-33-14-3-8-29(38)25-11-12-26(25)31-28-19-23(32(39)36-43(40,41)30(33)9-4-15-33)7-5-17-42-21-34(20-37(28)31)16-2-6-22-18-24(35)10-13-27(22)34/h3,5,7-8,10,13,17-19,25-26,29-31,38H,2,4,6,9,11-12,14-16,20-21H2,1H3,(H,36,39)/b8-3-,17-5-,23-7+,28-19+/t25-,26-,29+,30+,31?,33+,34+,37?/m1/s1. The minimum absolute atomic E-state index is 0.0783. The van der Waals surface area contributed by atoms with Crippen LogP contribution in [0.4, 0.5) is 0 Å². The maximum Gasteiger partial charge on any atom is 0.264 e. The van der Waals surface area contributed by atoms with Crippen LogP contribution in [-0.4, -0.2) is 54.9 Å². The summed E-state index contributed by atoms with van der Waals surface area (Å²) < 4.78 is 35.9. The Bertz CT molecular complexity index is 1550. The van der Waals surface area contributed by atoms with Crippen LogP contribution in [0.25, 0.3) is 0 Å². The number of ether oxygens (including phenoxy) is 1. The number of fused-ring (bicyclic) bond motifs is 7. The Hall–Kier alpha value is -2.55. The van der Waals surface area contributed by atoms with Gasteiger partial charge in [0, 0.05) is 28.3 Å². The molecule has 7 nitrogen and oxygen atoms in total. The molecule has 43 heavy (non-hydrogen) atoms. The molecule has 2 N–H and O–H groups in total. The predicted molar refractivity (Wildman–Crippen MR) is 167 cm³/mol. The first kappa shape index (κ1) is 29.2. The summed E-state index contributed by atoms with van der Waals surface area (Å²) in [6, 6.07) is 6.25. The first-order valence-corrected chi connectivity index (χ1v) is 17.7. The molecule has 2 bridgehead atoms. The molecule has 0 radical (unpaired) electrons. The lowest BCUT2D eigenvalue weighted by Gasteiger charge is -2.41. The molecule has 2 saturated carbocycles. The number of allylic oxidation sites excluding steroid dienone is 3. The summed E-state index contributed by atoms with van der Waals surface area (Å²) in [5.41, 5.74) is 3.07. The Morgan fingerprint density at radius 2 is 1.98 bits per heavy atom. The number of aliphatic hydroxyl groups excluding tert-OH is 1. The van der Waals surface area contributed by atoms with Gasteiger partial charge in [-0.05, 0) is 110 Å². The number of rotatable bonds is 0. The molecule has 7 rings (SSSR count). The fraction of sp³-hybridized carbons (Fsp3) is 0.559. The van der Waals surface area contributed by atoms with Gasteiger partial charge in [0.05, 0.1) is 30.3 Å². The van der Waals surface area contributed by atoms with Gasteiger partial charge in [-0.1, -0.05) is 43.2 Å². The third-order valence-corrected chi connectivity index (χ3v) is 13.5. The zero-order valence-corrected chi connectivity index (χ0v) is 26.2. The quantitative estimate of drug-likeness (QED) is 0.300. The third-order valence-electron chi connectivity index (χ3n) is 11.2. The maximum absolute atomic E-state index is 13.7. The van der Waals surface area contributed by atoms with E-state index >= 15 is 0 Å². The number of carbonyl (C=O) groups is 1. The molecule has 1 aromatic carbocycles. The van der Waals surface area contributed by atoms with Crippen LogP contribution in [0, 0.1) is 17.3 Å². The Morgan fingerprint density at radius 3 is 2.79 bits per heavy atom. The van der Waals surface area contributed by atoms with Gasteiger partial charge in [0.15, 0.2) is 0 Å². The average Bonchev–Trinajstić information content (AvgIpc) is 3.39. The van der Waals surface area contributed by atoms with Crippen LogP contribution in [0.3, 0.4) is 0 Å². The summed E-state index contributed by atoms with van der Waals surface area (Å²) in [6.07, 6.45) is 17.6. The fourth-order valence-electron chi connectivity index (χ4n) is 8.77. The number of nitrogens with zero attached hydrogens (tertiary/aromatic N) is 1. The highest BCUT2D eigenvalue weighted by Gasteiger charge is 2.56.